The largest absolute Gasteiger partial charge is 0.469 e. The number of hydrogen-bond donors (Lipinski definition) is 3. The van der Waals surface area contributed by atoms with Gasteiger partial charge in [-0.15, -0.1) is 6.58 Å². The van der Waals surface area contributed by atoms with Crippen molar-refractivity contribution in [3.8, 4) is 0 Å². The van der Waals surface area contributed by atoms with E-state index in [1.807, 2.05) is 63.3 Å². The minimum atomic E-state index is -0.931. The molecule has 0 spiro atoms. The zero-order valence-electron chi connectivity index (χ0n) is 27.3. The predicted molar refractivity (Wildman–Crippen MR) is 177 cm³/mol. The molecule has 9 nitrogen and oxygen atoms in total. The van der Waals surface area contributed by atoms with Gasteiger partial charge in [0.05, 0.1) is 54.1 Å². The second kappa shape index (κ2) is 12.0. The molecule has 0 saturated heterocycles. The molecule has 5 heterocycles. The Labute approximate surface area is 264 Å². The molecule has 0 aromatic carbocycles. The third kappa shape index (κ3) is 5.53. The Morgan fingerprint density at radius 1 is 1.11 bits per heavy atom. The van der Waals surface area contributed by atoms with Crippen molar-refractivity contribution >= 4 is 35.5 Å². The molecule has 1 aromatic rings. The minimum Gasteiger partial charge on any atom is -0.469 e. The number of aliphatic hydroxyl groups excluding tert-OH is 1. The van der Waals surface area contributed by atoms with Gasteiger partial charge in [-0.05, 0) is 105 Å². The fraction of sp³-hybridized carbons (Fsp3) is 0.444. The number of carbonyl (C=O) groups excluding carboxylic acids is 2. The summed E-state index contributed by atoms with van der Waals surface area (Å²) in [6.45, 7) is 14.3. The highest BCUT2D eigenvalue weighted by molar-refractivity contribution is 6.22. The molecule has 5 unspecified atom stereocenters. The van der Waals surface area contributed by atoms with Gasteiger partial charge >= 0.3 is 11.9 Å². The molecule has 45 heavy (non-hydrogen) atoms. The number of aliphatic imine (C=N–C) groups is 2. The number of aliphatic hydroxyl groups is 1. The third-order valence-corrected chi connectivity index (χ3v) is 10.1. The second-order valence-corrected chi connectivity index (χ2v) is 12.6. The third-order valence-electron chi connectivity index (χ3n) is 10.1. The molecule has 9 heteroatoms. The smallest absolute Gasteiger partial charge is 0.305 e. The number of H-pyrrole nitrogens is 1. The average molecular weight is 613 g/mol. The first-order chi connectivity index (χ1) is 21.3. The molecule has 0 amide bonds. The Bertz CT molecular complexity index is 1750. The molecule has 238 valence electrons. The molecular weight excluding hydrogens is 568 g/mol. The lowest BCUT2D eigenvalue weighted by Gasteiger charge is -2.47. The topological polar surface area (TPSA) is 125 Å². The number of ether oxygens (including phenoxy) is 2. The van der Waals surface area contributed by atoms with Crippen LogP contribution in [0.1, 0.15) is 60.3 Å². The summed E-state index contributed by atoms with van der Waals surface area (Å²) in [6, 6.07) is 4.00. The van der Waals surface area contributed by atoms with Crippen LogP contribution in [-0.2, 0) is 19.1 Å². The van der Waals surface area contributed by atoms with Gasteiger partial charge in [-0.2, -0.15) is 0 Å². The summed E-state index contributed by atoms with van der Waals surface area (Å²) in [5, 5.41) is 16.9. The second-order valence-electron chi connectivity index (χ2n) is 12.6. The van der Waals surface area contributed by atoms with E-state index in [0.29, 0.717) is 12.8 Å². The van der Waals surface area contributed by atoms with Crippen molar-refractivity contribution in [3.05, 3.63) is 81.7 Å². The zero-order valence-corrected chi connectivity index (χ0v) is 27.3. The fourth-order valence-electron chi connectivity index (χ4n) is 7.91. The standard InChI is InChI=1S/C36H44N4O5/c1-9-35-22(3)33(23(4)41)34(6,40-35)20-28-13-12-26(38-28)18-25-10-11-27(37-25)19-30-21(2)29(14-15-31(42)44-7)36(39-30,24(35)5)17-16-32(43)45-8/h9-13,18-20,23-24,37,40-41H,1,14-17H2,2-8H3/b25-18-,27-19-,28-20-. The average Bonchev–Trinajstić information content (AvgIpc) is 3.75. The predicted octanol–water partition coefficient (Wildman–Crippen LogP) is 3.52. The molecule has 0 fully saturated rings. The number of allylic oxidation sites excluding steroid dienone is 3. The van der Waals surface area contributed by atoms with Crippen LogP contribution in [0, 0.1) is 5.92 Å². The number of nitrogens with one attached hydrogen (secondary N) is 2. The lowest BCUT2D eigenvalue weighted by molar-refractivity contribution is -0.142. The molecule has 0 saturated carbocycles. The molecule has 4 aliphatic heterocycles. The van der Waals surface area contributed by atoms with E-state index in [2.05, 4.69) is 29.9 Å². The van der Waals surface area contributed by atoms with E-state index in [4.69, 9.17) is 19.5 Å². The van der Waals surface area contributed by atoms with Crippen molar-refractivity contribution in [2.75, 3.05) is 14.2 Å². The van der Waals surface area contributed by atoms with Gasteiger partial charge in [0.25, 0.3) is 0 Å². The Hall–Kier alpha value is -4.08. The van der Waals surface area contributed by atoms with Crippen molar-refractivity contribution in [2.24, 2.45) is 15.9 Å². The van der Waals surface area contributed by atoms with E-state index in [1.165, 1.54) is 14.2 Å². The Kier molecular flexibility index (Phi) is 8.63. The maximum atomic E-state index is 12.7. The summed E-state index contributed by atoms with van der Waals surface area (Å²) in [7, 11) is 2.77. The van der Waals surface area contributed by atoms with Gasteiger partial charge < -0.3 is 19.6 Å². The van der Waals surface area contributed by atoms with E-state index in [-0.39, 0.29) is 30.7 Å². The summed E-state index contributed by atoms with van der Waals surface area (Å²) in [5.74, 6) is -0.988. The maximum Gasteiger partial charge on any atom is 0.305 e. The number of esters is 2. The van der Waals surface area contributed by atoms with Crippen LogP contribution in [0.2, 0.25) is 0 Å². The summed E-state index contributed by atoms with van der Waals surface area (Å²) < 4.78 is 10.1. The van der Waals surface area contributed by atoms with E-state index in [1.54, 1.807) is 6.92 Å². The number of rotatable bonds is 8. The fourth-order valence-corrected chi connectivity index (χ4v) is 7.91. The monoisotopic (exact) mass is 612 g/mol. The van der Waals surface area contributed by atoms with E-state index >= 15 is 0 Å². The number of carbonyl (C=O) groups is 2. The molecule has 1 aromatic heterocycles. The lowest BCUT2D eigenvalue weighted by atomic mass is 9.64. The quantitative estimate of drug-likeness (QED) is 0.305. The number of hydrogen-bond acceptors (Lipinski definition) is 8. The molecular formula is C36H44N4O5. The highest BCUT2D eigenvalue weighted by atomic mass is 16.5. The van der Waals surface area contributed by atoms with Crippen LogP contribution >= 0.6 is 0 Å². The zero-order chi connectivity index (χ0) is 32.7. The molecule has 4 aliphatic rings. The molecule has 5 rings (SSSR count). The first kappa shape index (κ1) is 32.3. The highest BCUT2D eigenvalue weighted by Gasteiger charge is 2.58. The van der Waals surface area contributed by atoms with Gasteiger partial charge in [0.15, 0.2) is 0 Å². The van der Waals surface area contributed by atoms with Gasteiger partial charge in [0.2, 0.25) is 0 Å². The summed E-state index contributed by atoms with van der Waals surface area (Å²) in [6.07, 6.45) is 12.2. The first-order valence-electron chi connectivity index (χ1n) is 15.5. The van der Waals surface area contributed by atoms with Crippen molar-refractivity contribution in [3.63, 3.8) is 0 Å². The van der Waals surface area contributed by atoms with Crippen LogP contribution in [0.4, 0.5) is 0 Å². The lowest BCUT2D eigenvalue weighted by Crippen LogP contribution is -2.59. The Morgan fingerprint density at radius 2 is 1.78 bits per heavy atom. The van der Waals surface area contributed by atoms with Crippen molar-refractivity contribution in [1.82, 2.24) is 10.3 Å². The van der Waals surface area contributed by atoms with Gasteiger partial charge in [0, 0.05) is 29.5 Å². The number of methoxy groups -OCH3 is 2. The van der Waals surface area contributed by atoms with E-state index in [9.17, 15) is 14.7 Å². The Balaban J connectivity index is 1.84. The summed E-state index contributed by atoms with van der Waals surface area (Å²) in [5.41, 5.74) is 3.45. The molecule has 8 bridgehead atoms. The molecule has 3 N–H and O–H groups in total. The van der Waals surface area contributed by atoms with Crippen molar-refractivity contribution in [2.45, 2.75) is 83.0 Å². The van der Waals surface area contributed by atoms with E-state index < -0.39 is 22.7 Å². The number of aromatic nitrogens is 1. The van der Waals surface area contributed by atoms with Gasteiger partial charge in [-0.25, -0.2) is 4.99 Å². The molecule has 0 aliphatic carbocycles. The Morgan fingerprint density at radius 3 is 2.42 bits per heavy atom. The normalized spacial score (nSPS) is 32.1. The number of aromatic amines is 1. The maximum absolute atomic E-state index is 12.7. The van der Waals surface area contributed by atoms with Gasteiger partial charge in [0.1, 0.15) is 0 Å². The van der Waals surface area contributed by atoms with Crippen LogP contribution in [0.25, 0.3) is 12.2 Å². The number of fused-ring (bicyclic) bond motifs is 6. The van der Waals surface area contributed by atoms with Crippen LogP contribution in [0.15, 0.2) is 81.0 Å². The van der Waals surface area contributed by atoms with Gasteiger partial charge in [-0.1, -0.05) is 13.0 Å². The minimum absolute atomic E-state index is 0.122. The molecule has 0 radical (unpaired) electrons. The highest BCUT2D eigenvalue weighted by Crippen LogP contribution is 2.53. The van der Waals surface area contributed by atoms with Crippen LogP contribution < -0.4 is 16.0 Å². The van der Waals surface area contributed by atoms with Crippen molar-refractivity contribution in [1.29, 1.82) is 0 Å². The number of nitrogens with zero attached hydrogens (tertiary/aromatic N) is 2. The molecule has 5 atom stereocenters. The van der Waals surface area contributed by atoms with E-state index in [0.717, 1.165) is 50.1 Å². The van der Waals surface area contributed by atoms with Crippen molar-refractivity contribution < 1.29 is 24.2 Å². The summed E-state index contributed by atoms with van der Waals surface area (Å²) >= 11 is 0. The van der Waals surface area contributed by atoms with Gasteiger partial charge in [-0.3, -0.25) is 19.9 Å². The van der Waals surface area contributed by atoms with Crippen LogP contribution in [0.5, 0.6) is 0 Å². The first-order valence-corrected chi connectivity index (χ1v) is 15.5. The SMILES string of the molecule is C=CC12NC(C)(/C=C3/C=CC(=N3)/C=c3/cc/c([nH]3)=C/C3=NC(CCC(=O)OC)(C(CCC(=O)OC)=C3C)C1C)C(C(C)O)=C2C. The summed E-state index contributed by atoms with van der Waals surface area (Å²) in [4.78, 5) is 39.0. The van der Waals surface area contributed by atoms with Crippen LogP contribution in [0.3, 0.4) is 0 Å². The van der Waals surface area contributed by atoms with Crippen LogP contribution in [-0.4, -0.2) is 70.4 Å².